The zero-order valence-electron chi connectivity index (χ0n) is 14.8. The highest BCUT2D eigenvalue weighted by Gasteiger charge is 2.30. The summed E-state index contributed by atoms with van der Waals surface area (Å²) >= 11 is 0. The summed E-state index contributed by atoms with van der Waals surface area (Å²) in [5.41, 5.74) is 2.27. The Kier molecular flexibility index (Phi) is 4.40. The van der Waals surface area contributed by atoms with Gasteiger partial charge in [0.05, 0.1) is 5.52 Å². The molecule has 4 rings (SSSR count). The van der Waals surface area contributed by atoms with E-state index in [1.54, 1.807) is 6.33 Å². The van der Waals surface area contributed by atoms with Crippen molar-refractivity contribution in [1.82, 2.24) is 15.3 Å². The average Bonchev–Trinajstić information content (AvgIpc) is 3.42. The summed E-state index contributed by atoms with van der Waals surface area (Å²) in [5.74, 6) is 1.93. The van der Waals surface area contributed by atoms with Gasteiger partial charge in [-0.1, -0.05) is 11.6 Å². The highest BCUT2D eigenvalue weighted by molar-refractivity contribution is 5.89. The Morgan fingerprint density at radius 3 is 2.50 bits per heavy atom. The lowest BCUT2D eigenvalue weighted by atomic mass is 9.90. The Hall–Kier alpha value is -1.68. The molecule has 0 spiro atoms. The summed E-state index contributed by atoms with van der Waals surface area (Å²) in [6, 6.07) is 8.30. The Labute approximate surface area is 144 Å². The van der Waals surface area contributed by atoms with E-state index in [9.17, 15) is 0 Å². The molecule has 0 bridgehead atoms. The van der Waals surface area contributed by atoms with Crippen LogP contribution in [-0.4, -0.2) is 28.1 Å². The minimum absolute atomic E-state index is 0.526. The lowest BCUT2D eigenvalue weighted by molar-refractivity contribution is 0.317. The summed E-state index contributed by atoms with van der Waals surface area (Å²) < 4.78 is 0. The average molecular weight is 324 g/mol. The summed E-state index contributed by atoms with van der Waals surface area (Å²) in [6.07, 6.45) is 9.47. The first-order valence-electron chi connectivity index (χ1n) is 9.43. The molecule has 0 unspecified atom stereocenters. The van der Waals surface area contributed by atoms with Crippen LogP contribution in [0.1, 0.15) is 51.0 Å². The van der Waals surface area contributed by atoms with Crippen molar-refractivity contribution in [3.8, 4) is 0 Å². The van der Waals surface area contributed by atoms with Crippen LogP contribution in [0.25, 0.3) is 10.9 Å². The van der Waals surface area contributed by atoms with Crippen molar-refractivity contribution in [2.75, 3.05) is 5.32 Å². The van der Waals surface area contributed by atoms with Crippen LogP contribution in [0.4, 0.5) is 5.82 Å². The number of benzene rings is 1. The number of nitrogens with zero attached hydrogens (tertiary/aromatic N) is 2. The van der Waals surface area contributed by atoms with Gasteiger partial charge in [-0.25, -0.2) is 9.97 Å². The molecule has 0 radical (unpaired) electrons. The van der Waals surface area contributed by atoms with Gasteiger partial charge in [-0.2, -0.15) is 0 Å². The maximum Gasteiger partial charge on any atom is 0.137 e. The van der Waals surface area contributed by atoms with E-state index in [0.29, 0.717) is 18.1 Å². The molecule has 1 heterocycles. The standard InChI is InChI=1S/C20H28N4/c1-13-3-10-19-18(11-13)20(22-12-21-19)24-17-8-6-16(7-9-17)23-14(2)15-4-5-15/h3,10-12,14-17,23H,4-9H2,1-2H3,(H,21,22,24)/t14-,16?,17?/m0/s1. The molecule has 128 valence electrons. The van der Waals surface area contributed by atoms with Crippen molar-refractivity contribution in [2.45, 2.75) is 70.5 Å². The third-order valence-electron chi connectivity index (χ3n) is 5.69. The largest absolute Gasteiger partial charge is 0.367 e. The number of fused-ring (bicyclic) bond motifs is 1. The molecule has 4 nitrogen and oxygen atoms in total. The quantitative estimate of drug-likeness (QED) is 0.871. The van der Waals surface area contributed by atoms with Crippen LogP contribution < -0.4 is 10.6 Å². The van der Waals surface area contributed by atoms with Gasteiger partial charge in [0.25, 0.3) is 0 Å². The normalized spacial score (nSPS) is 25.6. The van der Waals surface area contributed by atoms with Crippen LogP contribution in [0.15, 0.2) is 24.5 Å². The van der Waals surface area contributed by atoms with Gasteiger partial charge in [0.1, 0.15) is 12.1 Å². The second-order valence-electron chi connectivity index (χ2n) is 7.73. The van der Waals surface area contributed by atoms with Gasteiger partial charge in [0, 0.05) is 23.5 Å². The lowest BCUT2D eigenvalue weighted by Crippen LogP contribution is -2.42. The van der Waals surface area contributed by atoms with E-state index >= 15 is 0 Å². The number of rotatable bonds is 5. The molecule has 2 aromatic rings. The number of nitrogens with one attached hydrogen (secondary N) is 2. The van der Waals surface area contributed by atoms with Crippen LogP contribution >= 0.6 is 0 Å². The van der Waals surface area contributed by atoms with E-state index < -0.39 is 0 Å². The zero-order chi connectivity index (χ0) is 16.5. The molecule has 2 fully saturated rings. The van der Waals surface area contributed by atoms with E-state index in [4.69, 9.17) is 0 Å². The van der Waals surface area contributed by atoms with Crippen LogP contribution in [0.5, 0.6) is 0 Å². The highest BCUT2D eigenvalue weighted by Crippen LogP contribution is 2.33. The third-order valence-corrected chi connectivity index (χ3v) is 5.69. The van der Waals surface area contributed by atoms with E-state index in [1.165, 1.54) is 44.1 Å². The monoisotopic (exact) mass is 324 g/mol. The molecule has 0 aliphatic heterocycles. The van der Waals surface area contributed by atoms with Crippen LogP contribution in [-0.2, 0) is 0 Å². The first-order chi connectivity index (χ1) is 11.7. The minimum Gasteiger partial charge on any atom is -0.367 e. The Balaban J connectivity index is 1.37. The number of anilines is 1. The smallest absolute Gasteiger partial charge is 0.137 e. The zero-order valence-corrected chi connectivity index (χ0v) is 14.8. The second kappa shape index (κ2) is 6.67. The van der Waals surface area contributed by atoms with Gasteiger partial charge in [0.15, 0.2) is 0 Å². The maximum atomic E-state index is 4.50. The molecule has 1 aromatic carbocycles. The van der Waals surface area contributed by atoms with Crippen molar-refractivity contribution in [2.24, 2.45) is 5.92 Å². The minimum atomic E-state index is 0.526. The molecule has 2 saturated carbocycles. The molecule has 2 N–H and O–H groups in total. The second-order valence-corrected chi connectivity index (χ2v) is 7.73. The molecular formula is C20H28N4. The van der Waals surface area contributed by atoms with Gasteiger partial charge >= 0.3 is 0 Å². The van der Waals surface area contributed by atoms with Crippen molar-refractivity contribution in [3.05, 3.63) is 30.1 Å². The Morgan fingerprint density at radius 1 is 1.00 bits per heavy atom. The van der Waals surface area contributed by atoms with Crippen LogP contribution in [0, 0.1) is 12.8 Å². The van der Waals surface area contributed by atoms with Crippen molar-refractivity contribution < 1.29 is 0 Å². The fraction of sp³-hybridized carbons (Fsp3) is 0.600. The van der Waals surface area contributed by atoms with Crippen LogP contribution in [0.2, 0.25) is 0 Å². The first-order valence-corrected chi connectivity index (χ1v) is 9.43. The molecule has 0 saturated heterocycles. The summed E-state index contributed by atoms with van der Waals surface area (Å²) in [4.78, 5) is 8.89. The van der Waals surface area contributed by atoms with E-state index in [1.807, 2.05) is 0 Å². The molecule has 1 atom stereocenters. The Bertz CT molecular complexity index is 702. The lowest BCUT2D eigenvalue weighted by Gasteiger charge is -2.32. The van der Waals surface area contributed by atoms with Crippen molar-refractivity contribution in [3.63, 3.8) is 0 Å². The van der Waals surface area contributed by atoms with Gasteiger partial charge < -0.3 is 10.6 Å². The highest BCUT2D eigenvalue weighted by atomic mass is 15.0. The predicted molar refractivity (Wildman–Crippen MR) is 99.3 cm³/mol. The van der Waals surface area contributed by atoms with E-state index in [2.05, 4.69) is 52.6 Å². The number of aryl methyl sites for hydroxylation is 1. The first kappa shape index (κ1) is 15.8. The van der Waals surface area contributed by atoms with E-state index in [0.717, 1.165) is 22.6 Å². The third kappa shape index (κ3) is 3.54. The molecule has 2 aliphatic carbocycles. The SMILES string of the molecule is Cc1ccc2ncnc(NC3CCC(N[C@@H](C)C4CC4)CC3)c2c1. The number of hydrogen-bond donors (Lipinski definition) is 2. The fourth-order valence-corrected chi connectivity index (χ4v) is 3.99. The van der Waals surface area contributed by atoms with Gasteiger partial charge in [-0.15, -0.1) is 0 Å². The summed E-state index contributed by atoms with van der Waals surface area (Å²) in [6.45, 7) is 4.48. The fourth-order valence-electron chi connectivity index (χ4n) is 3.99. The molecule has 4 heteroatoms. The maximum absolute atomic E-state index is 4.50. The molecule has 2 aliphatic rings. The summed E-state index contributed by atoms with van der Waals surface area (Å²) in [5, 5.41) is 8.67. The van der Waals surface area contributed by atoms with Crippen LogP contribution in [0.3, 0.4) is 0 Å². The van der Waals surface area contributed by atoms with Crippen molar-refractivity contribution in [1.29, 1.82) is 0 Å². The van der Waals surface area contributed by atoms with Gasteiger partial charge in [-0.3, -0.25) is 0 Å². The molecule has 24 heavy (non-hydrogen) atoms. The molecular weight excluding hydrogens is 296 g/mol. The van der Waals surface area contributed by atoms with Gasteiger partial charge in [0.2, 0.25) is 0 Å². The Morgan fingerprint density at radius 2 is 1.75 bits per heavy atom. The predicted octanol–water partition coefficient (Wildman–Crippen LogP) is 4.05. The number of hydrogen-bond acceptors (Lipinski definition) is 4. The number of aromatic nitrogens is 2. The molecule has 0 amide bonds. The summed E-state index contributed by atoms with van der Waals surface area (Å²) in [7, 11) is 0. The molecule has 1 aromatic heterocycles. The van der Waals surface area contributed by atoms with Crippen molar-refractivity contribution >= 4 is 16.7 Å². The van der Waals surface area contributed by atoms with E-state index in [-0.39, 0.29) is 0 Å². The van der Waals surface area contributed by atoms with Gasteiger partial charge in [-0.05, 0) is 70.4 Å². The topological polar surface area (TPSA) is 49.8 Å².